The molecule has 4 aromatic rings. The maximum Gasteiger partial charge on any atom is 0.119 e. The SMILES string of the molecule is CCOc1ccc(C2(C(C)CC)C(c3ccccc3)=CC=CC2COCC2C=CC=C(c3ccccc3)C2(c2ccc(OCC)cc2)C(C)CC)cc1. The van der Waals surface area contributed by atoms with Crippen LogP contribution in [0.15, 0.2) is 146 Å². The van der Waals surface area contributed by atoms with Crippen LogP contribution in [0, 0.1) is 23.7 Å². The summed E-state index contributed by atoms with van der Waals surface area (Å²) < 4.78 is 19.0. The van der Waals surface area contributed by atoms with E-state index < -0.39 is 0 Å². The van der Waals surface area contributed by atoms with E-state index in [2.05, 4.69) is 173 Å². The molecule has 6 unspecified atom stereocenters. The van der Waals surface area contributed by atoms with Crippen LogP contribution < -0.4 is 9.47 Å². The molecule has 2 aliphatic rings. The molecule has 6 atom stereocenters. The van der Waals surface area contributed by atoms with Crippen molar-refractivity contribution >= 4 is 11.1 Å². The summed E-state index contributed by atoms with van der Waals surface area (Å²) in [5.74, 6) is 2.74. The highest BCUT2D eigenvalue weighted by molar-refractivity contribution is 5.80. The van der Waals surface area contributed by atoms with Crippen molar-refractivity contribution in [1.82, 2.24) is 0 Å². The summed E-state index contributed by atoms with van der Waals surface area (Å²) in [4.78, 5) is 0. The first kappa shape index (κ1) is 38.1. The molecule has 3 nitrogen and oxygen atoms in total. The molecule has 276 valence electrons. The summed E-state index contributed by atoms with van der Waals surface area (Å²) in [6, 6.07) is 39.6. The Bertz CT molecular complexity index is 1730. The Labute approximate surface area is 319 Å². The molecule has 0 fully saturated rings. The van der Waals surface area contributed by atoms with Crippen molar-refractivity contribution in [2.75, 3.05) is 26.4 Å². The maximum absolute atomic E-state index is 7.14. The number of hydrogen-bond acceptors (Lipinski definition) is 3. The number of hydrogen-bond donors (Lipinski definition) is 0. The number of ether oxygens (including phenoxy) is 3. The van der Waals surface area contributed by atoms with E-state index >= 15 is 0 Å². The molecular weight excluding hydrogens is 649 g/mol. The topological polar surface area (TPSA) is 27.7 Å². The van der Waals surface area contributed by atoms with Crippen molar-refractivity contribution in [2.45, 2.75) is 65.2 Å². The van der Waals surface area contributed by atoms with Crippen molar-refractivity contribution in [3.63, 3.8) is 0 Å². The molecule has 0 saturated heterocycles. The van der Waals surface area contributed by atoms with E-state index in [1.54, 1.807) is 0 Å². The quantitative estimate of drug-likeness (QED) is 0.116. The van der Waals surface area contributed by atoms with Crippen molar-refractivity contribution in [2.24, 2.45) is 23.7 Å². The van der Waals surface area contributed by atoms with Gasteiger partial charge in [0, 0.05) is 22.7 Å². The molecule has 0 saturated carbocycles. The van der Waals surface area contributed by atoms with Gasteiger partial charge < -0.3 is 14.2 Å². The Morgan fingerprint density at radius 3 is 1.23 bits per heavy atom. The lowest BCUT2D eigenvalue weighted by Crippen LogP contribution is -2.47. The van der Waals surface area contributed by atoms with Crippen molar-refractivity contribution in [1.29, 1.82) is 0 Å². The number of benzene rings is 4. The highest BCUT2D eigenvalue weighted by Gasteiger charge is 2.50. The summed E-state index contributed by atoms with van der Waals surface area (Å²) >= 11 is 0. The molecule has 0 radical (unpaired) electrons. The van der Waals surface area contributed by atoms with Gasteiger partial charge in [-0.05, 0) is 83.3 Å². The van der Waals surface area contributed by atoms with Crippen molar-refractivity contribution < 1.29 is 14.2 Å². The fraction of sp³-hybridized carbons (Fsp3) is 0.360. The normalized spacial score (nSPS) is 23.5. The molecule has 2 aliphatic carbocycles. The summed E-state index contributed by atoms with van der Waals surface area (Å²) in [6.07, 6.45) is 16.1. The van der Waals surface area contributed by atoms with Gasteiger partial charge in [-0.15, -0.1) is 0 Å². The van der Waals surface area contributed by atoms with Gasteiger partial charge in [0.25, 0.3) is 0 Å². The molecule has 6 rings (SSSR count). The molecule has 0 aliphatic heterocycles. The zero-order valence-corrected chi connectivity index (χ0v) is 32.6. The monoisotopic (exact) mass is 706 g/mol. The largest absolute Gasteiger partial charge is 0.494 e. The van der Waals surface area contributed by atoms with Gasteiger partial charge in [-0.1, -0.05) is 162 Å². The molecule has 0 N–H and O–H groups in total. The first-order chi connectivity index (χ1) is 25.9. The van der Waals surface area contributed by atoms with E-state index in [4.69, 9.17) is 14.2 Å². The van der Waals surface area contributed by atoms with Crippen LogP contribution in [-0.2, 0) is 15.6 Å². The van der Waals surface area contributed by atoms with E-state index in [9.17, 15) is 0 Å². The molecule has 0 heterocycles. The van der Waals surface area contributed by atoms with Gasteiger partial charge in [0.15, 0.2) is 0 Å². The van der Waals surface area contributed by atoms with Crippen LogP contribution in [0.1, 0.15) is 76.6 Å². The van der Waals surface area contributed by atoms with Crippen LogP contribution in [0.4, 0.5) is 0 Å². The fourth-order valence-corrected chi connectivity index (χ4v) is 9.35. The van der Waals surface area contributed by atoms with Crippen LogP contribution in [0.5, 0.6) is 11.5 Å². The van der Waals surface area contributed by atoms with E-state index in [1.165, 1.54) is 33.4 Å². The molecule has 3 heteroatoms. The van der Waals surface area contributed by atoms with Gasteiger partial charge in [-0.25, -0.2) is 0 Å². The third-order valence-corrected chi connectivity index (χ3v) is 12.1. The highest BCUT2D eigenvalue weighted by Crippen LogP contribution is 2.55. The van der Waals surface area contributed by atoms with Crippen LogP contribution >= 0.6 is 0 Å². The minimum Gasteiger partial charge on any atom is -0.494 e. The Kier molecular flexibility index (Phi) is 12.6. The van der Waals surface area contributed by atoms with Crippen molar-refractivity contribution in [3.8, 4) is 11.5 Å². The fourth-order valence-electron chi connectivity index (χ4n) is 9.35. The van der Waals surface area contributed by atoms with Gasteiger partial charge in [0.1, 0.15) is 11.5 Å². The second kappa shape index (κ2) is 17.5. The molecule has 0 aromatic heterocycles. The summed E-state index contributed by atoms with van der Waals surface area (Å²) in [5, 5.41) is 0. The van der Waals surface area contributed by atoms with E-state index in [1.807, 2.05) is 13.8 Å². The second-order valence-corrected chi connectivity index (χ2v) is 14.7. The average Bonchev–Trinajstić information content (AvgIpc) is 3.21. The third kappa shape index (κ3) is 7.34. The molecule has 0 bridgehead atoms. The zero-order chi connectivity index (χ0) is 37.3. The first-order valence-electron chi connectivity index (χ1n) is 19.9. The summed E-state index contributed by atoms with van der Waals surface area (Å²) in [5.41, 5.74) is 7.24. The highest BCUT2D eigenvalue weighted by atomic mass is 16.5. The lowest BCUT2D eigenvalue weighted by molar-refractivity contribution is 0.0483. The van der Waals surface area contributed by atoms with Crippen LogP contribution in [-0.4, -0.2) is 26.4 Å². The van der Waals surface area contributed by atoms with E-state index in [-0.39, 0.29) is 22.7 Å². The standard InChI is InChI=1S/C50H58O3/c1-7-37(5)49(41-27-31-45(32-28-41)52-9-3)43(23-17-25-47(49)39-19-13-11-14-20-39)35-51-36-44-24-18-26-48(40-21-15-12-16-22-40)50(44,38(6)8-2)42-29-33-46(34-30-42)53-10-4/h11-34,37-38,43-44H,7-10,35-36H2,1-6H3. The Morgan fingerprint density at radius 1 is 0.509 bits per heavy atom. The number of allylic oxidation sites excluding steroid dienone is 6. The minimum absolute atomic E-state index is 0.121. The molecule has 53 heavy (non-hydrogen) atoms. The summed E-state index contributed by atoms with van der Waals surface area (Å²) in [7, 11) is 0. The first-order valence-corrected chi connectivity index (χ1v) is 19.9. The predicted octanol–water partition coefficient (Wildman–Crippen LogP) is 12.3. The Morgan fingerprint density at radius 2 is 0.887 bits per heavy atom. The molecule has 4 aromatic carbocycles. The van der Waals surface area contributed by atoms with E-state index in [0.29, 0.717) is 38.3 Å². The van der Waals surface area contributed by atoms with E-state index in [0.717, 1.165) is 24.3 Å². The smallest absolute Gasteiger partial charge is 0.119 e. The average molecular weight is 707 g/mol. The zero-order valence-electron chi connectivity index (χ0n) is 32.6. The summed E-state index contributed by atoms with van der Waals surface area (Å²) in [6.45, 7) is 16.1. The molecular formula is C50H58O3. The van der Waals surface area contributed by atoms with Gasteiger partial charge in [-0.2, -0.15) is 0 Å². The van der Waals surface area contributed by atoms with Crippen LogP contribution in [0.3, 0.4) is 0 Å². The van der Waals surface area contributed by atoms with Gasteiger partial charge >= 0.3 is 0 Å². The van der Waals surface area contributed by atoms with Gasteiger partial charge in [0.2, 0.25) is 0 Å². The van der Waals surface area contributed by atoms with Crippen molar-refractivity contribution in [3.05, 3.63) is 168 Å². The molecule has 0 amide bonds. The second-order valence-electron chi connectivity index (χ2n) is 14.7. The Hall–Kier alpha value is -4.60. The van der Waals surface area contributed by atoms with Gasteiger partial charge in [-0.3, -0.25) is 0 Å². The lowest BCUT2D eigenvalue weighted by atomic mass is 9.55. The minimum atomic E-state index is -0.296. The molecule has 0 spiro atoms. The maximum atomic E-state index is 7.14. The third-order valence-electron chi connectivity index (χ3n) is 12.1. The van der Waals surface area contributed by atoms with Gasteiger partial charge in [0.05, 0.1) is 26.4 Å². The van der Waals surface area contributed by atoms with Crippen LogP contribution in [0.2, 0.25) is 0 Å². The van der Waals surface area contributed by atoms with Crippen LogP contribution in [0.25, 0.3) is 11.1 Å². The number of rotatable bonds is 16. The lowest BCUT2D eigenvalue weighted by Gasteiger charge is -2.50. The predicted molar refractivity (Wildman–Crippen MR) is 222 cm³/mol. The Balaban J connectivity index is 1.40.